The molecule has 0 aliphatic carbocycles. The Balaban J connectivity index is 1.88. The van der Waals surface area contributed by atoms with Crippen LogP contribution in [0.1, 0.15) is 40.0 Å². The molecule has 2 rings (SSSR count). The highest BCUT2D eigenvalue weighted by atomic mass is 32.2. The normalized spacial score (nSPS) is 15.7. The summed E-state index contributed by atoms with van der Waals surface area (Å²) in [5, 5.41) is 2.58. The van der Waals surface area contributed by atoms with Crippen LogP contribution in [0.15, 0.2) is 29.2 Å². The summed E-state index contributed by atoms with van der Waals surface area (Å²) in [6.07, 6.45) is 1.98. The molecule has 1 heterocycles. The lowest BCUT2D eigenvalue weighted by molar-refractivity contribution is -0.149. The number of benzene rings is 1. The first-order valence-electron chi connectivity index (χ1n) is 8.64. The molecule has 1 N–H and O–H groups in total. The second kappa shape index (κ2) is 8.18. The summed E-state index contributed by atoms with van der Waals surface area (Å²) in [4.78, 5) is 23.7. The summed E-state index contributed by atoms with van der Waals surface area (Å²) in [6, 6.07) is 5.99. The second-order valence-electron chi connectivity index (χ2n) is 7.58. The van der Waals surface area contributed by atoms with Crippen LogP contribution in [-0.2, 0) is 24.3 Å². The van der Waals surface area contributed by atoms with Gasteiger partial charge in [0.05, 0.1) is 11.3 Å². The van der Waals surface area contributed by atoms with E-state index < -0.39 is 21.9 Å². The Labute approximate surface area is 154 Å². The Hall–Kier alpha value is -1.93. The summed E-state index contributed by atoms with van der Waals surface area (Å²) in [6.45, 7) is 6.44. The molecule has 144 valence electrons. The third-order valence-corrected chi connectivity index (χ3v) is 5.79. The molecular formula is C18H26N2O5S. The number of esters is 1. The van der Waals surface area contributed by atoms with Crippen molar-refractivity contribution in [3.8, 4) is 0 Å². The Morgan fingerprint density at radius 1 is 1.12 bits per heavy atom. The minimum Gasteiger partial charge on any atom is -0.456 e. The lowest BCUT2D eigenvalue weighted by atomic mass is 9.93. The second-order valence-corrected chi connectivity index (χ2v) is 9.52. The van der Waals surface area contributed by atoms with Gasteiger partial charge in [-0.15, -0.1) is 0 Å². The Bertz CT molecular complexity index is 745. The van der Waals surface area contributed by atoms with Gasteiger partial charge in [-0.1, -0.05) is 20.8 Å². The van der Waals surface area contributed by atoms with Gasteiger partial charge in [0.25, 0.3) is 5.91 Å². The lowest BCUT2D eigenvalue weighted by Crippen LogP contribution is -2.27. The van der Waals surface area contributed by atoms with Crippen molar-refractivity contribution in [2.75, 3.05) is 25.0 Å². The van der Waals surface area contributed by atoms with E-state index >= 15 is 0 Å². The molecule has 1 fully saturated rings. The van der Waals surface area contributed by atoms with E-state index in [0.717, 1.165) is 12.8 Å². The fraction of sp³-hybridized carbons (Fsp3) is 0.556. The van der Waals surface area contributed by atoms with E-state index in [1.54, 1.807) is 0 Å². The van der Waals surface area contributed by atoms with Gasteiger partial charge in [-0.25, -0.2) is 8.42 Å². The van der Waals surface area contributed by atoms with E-state index in [1.165, 1.54) is 28.6 Å². The molecular weight excluding hydrogens is 356 g/mol. The fourth-order valence-electron chi connectivity index (χ4n) is 2.61. The van der Waals surface area contributed by atoms with Crippen LogP contribution in [0, 0.1) is 5.41 Å². The van der Waals surface area contributed by atoms with Crippen molar-refractivity contribution in [3.63, 3.8) is 0 Å². The number of nitrogens with zero attached hydrogens (tertiary/aromatic N) is 1. The molecule has 26 heavy (non-hydrogen) atoms. The lowest BCUT2D eigenvalue weighted by Gasteiger charge is -2.16. The first kappa shape index (κ1) is 20.4. The number of hydrogen-bond acceptors (Lipinski definition) is 5. The van der Waals surface area contributed by atoms with Crippen molar-refractivity contribution in [1.82, 2.24) is 4.31 Å². The van der Waals surface area contributed by atoms with Gasteiger partial charge in [-0.2, -0.15) is 4.31 Å². The molecule has 0 aromatic heterocycles. The topological polar surface area (TPSA) is 92.8 Å². The van der Waals surface area contributed by atoms with E-state index in [-0.39, 0.29) is 23.3 Å². The number of carbonyl (C=O) groups excluding carboxylic acids is 2. The van der Waals surface area contributed by atoms with Crippen molar-refractivity contribution >= 4 is 27.6 Å². The van der Waals surface area contributed by atoms with Crippen molar-refractivity contribution in [2.24, 2.45) is 5.41 Å². The molecule has 0 unspecified atom stereocenters. The number of nitrogens with one attached hydrogen (secondary N) is 1. The molecule has 0 bridgehead atoms. The Morgan fingerprint density at radius 3 is 2.23 bits per heavy atom. The number of hydrogen-bond donors (Lipinski definition) is 1. The molecule has 1 aromatic rings. The number of rotatable bonds is 6. The summed E-state index contributed by atoms with van der Waals surface area (Å²) >= 11 is 0. The molecule has 1 aliphatic rings. The van der Waals surface area contributed by atoms with Crippen LogP contribution in [0.5, 0.6) is 0 Å². The SMILES string of the molecule is CC(C)(C)CC(=O)OCC(=O)Nc1ccc(S(=O)(=O)N2CCCC2)cc1. The van der Waals surface area contributed by atoms with E-state index in [2.05, 4.69) is 5.32 Å². The van der Waals surface area contributed by atoms with Crippen LogP contribution in [-0.4, -0.2) is 44.3 Å². The maximum Gasteiger partial charge on any atom is 0.306 e. The van der Waals surface area contributed by atoms with Gasteiger partial charge in [0.1, 0.15) is 0 Å². The third-order valence-electron chi connectivity index (χ3n) is 3.88. The highest BCUT2D eigenvalue weighted by Crippen LogP contribution is 2.22. The van der Waals surface area contributed by atoms with Crippen LogP contribution in [0.25, 0.3) is 0 Å². The standard InChI is InChI=1S/C18H26N2O5S/c1-18(2,3)12-17(22)25-13-16(21)19-14-6-8-15(9-7-14)26(23,24)20-10-4-5-11-20/h6-9H,4-5,10-13H2,1-3H3,(H,19,21). The molecule has 1 amide bonds. The van der Waals surface area contributed by atoms with Crippen molar-refractivity contribution in [1.29, 1.82) is 0 Å². The summed E-state index contributed by atoms with van der Waals surface area (Å²) in [5.74, 6) is -0.901. The largest absolute Gasteiger partial charge is 0.456 e. The molecule has 8 heteroatoms. The van der Waals surface area contributed by atoms with Crippen LogP contribution in [0.2, 0.25) is 0 Å². The average Bonchev–Trinajstić information content (AvgIpc) is 3.07. The molecule has 0 saturated carbocycles. The van der Waals surface area contributed by atoms with Gasteiger partial charge in [0, 0.05) is 18.8 Å². The maximum atomic E-state index is 12.4. The minimum atomic E-state index is -3.47. The highest BCUT2D eigenvalue weighted by Gasteiger charge is 2.27. The number of ether oxygens (including phenoxy) is 1. The van der Waals surface area contributed by atoms with Crippen molar-refractivity contribution in [2.45, 2.75) is 44.9 Å². The molecule has 1 saturated heterocycles. The Morgan fingerprint density at radius 2 is 1.69 bits per heavy atom. The molecule has 7 nitrogen and oxygen atoms in total. The Kier molecular flexibility index (Phi) is 6.41. The molecule has 0 radical (unpaired) electrons. The predicted molar refractivity (Wildman–Crippen MR) is 98.1 cm³/mol. The maximum absolute atomic E-state index is 12.4. The monoisotopic (exact) mass is 382 g/mol. The quantitative estimate of drug-likeness (QED) is 0.763. The molecule has 0 spiro atoms. The number of amides is 1. The van der Waals surface area contributed by atoms with Gasteiger partial charge in [-0.3, -0.25) is 9.59 Å². The van der Waals surface area contributed by atoms with E-state index in [0.29, 0.717) is 18.8 Å². The molecule has 1 aliphatic heterocycles. The smallest absolute Gasteiger partial charge is 0.306 e. The van der Waals surface area contributed by atoms with Crippen LogP contribution >= 0.6 is 0 Å². The number of anilines is 1. The van der Waals surface area contributed by atoms with Crippen LogP contribution < -0.4 is 5.32 Å². The van der Waals surface area contributed by atoms with Gasteiger partial charge in [-0.05, 0) is 42.5 Å². The zero-order valence-corrected chi connectivity index (χ0v) is 16.3. The number of carbonyl (C=O) groups is 2. The van der Waals surface area contributed by atoms with Crippen molar-refractivity contribution < 1.29 is 22.7 Å². The van der Waals surface area contributed by atoms with E-state index in [4.69, 9.17) is 4.74 Å². The van der Waals surface area contributed by atoms with Gasteiger partial charge >= 0.3 is 5.97 Å². The predicted octanol–water partition coefficient (Wildman–Crippen LogP) is 2.39. The zero-order valence-electron chi connectivity index (χ0n) is 15.4. The molecule has 0 atom stereocenters. The van der Waals surface area contributed by atoms with Gasteiger partial charge < -0.3 is 10.1 Å². The average molecular weight is 382 g/mol. The van der Waals surface area contributed by atoms with Gasteiger partial charge in [0.15, 0.2) is 6.61 Å². The molecule has 1 aromatic carbocycles. The number of sulfonamides is 1. The minimum absolute atomic E-state index is 0.203. The third kappa shape index (κ3) is 5.81. The van der Waals surface area contributed by atoms with Gasteiger partial charge in [0.2, 0.25) is 10.0 Å². The van der Waals surface area contributed by atoms with Crippen LogP contribution in [0.4, 0.5) is 5.69 Å². The first-order valence-corrected chi connectivity index (χ1v) is 10.1. The first-order chi connectivity index (χ1) is 12.1. The van der Waals surface area contributed by atoms with Crippen molar-refractivity contribution in [3.05, 3.63) is 24.3 Å². The van der Waals surface area contributed by atoms with E-state index in [9.17, 15) is 18.0 Å². The highest BCUT2D eigenvalue weighted by molar-refractivity contribution is 7.89. The fourth-order valence-corrected chi connectivity index (χ4v) is 4.13. The van der Waals surface area contributed by atoms with E-state index in [1.807, 2.05) is 20.8 Å². The van der Waals surface area contributed by atoms with Crippen LogP contribution in [0.3, 0.4) is 0 Å². The summed E-state index contributed by atoms with van der Waals surface area (Å²) in [5.41, 5.74) is 0.242. The zero-order chi connectivity index (χ0) is 19.4. The summed E-state index contributed by atoms with van der Waals surface area (Å²) in [7, 11) is -3.47. The summed E-state index contributed by atoms with van der Waals surface area (Å²) < 4.78 is 31.3.